The number of aryl methyl sites for hydroxylation is 1. The molecule has 0 unspecified atom stereocenters. The van der Waals surface area contributed by atoms with Crippen LogP contribution in [0.4, 0.5) is 0 Å². The maximum atomic E-state index is 11.5. The molecule has 0 amide bonds. The van der Waals surface area contributed by atoms with E-state index in [9.17, 15) is 9.90 Å². The Morgan fingerprint density at radius 1 is 0.891 bits per heavy atom. The van der Waals surface area contributed by atoms with E-state index in [1.54, 1.807) is 0 Å². The van der Waals surface area contributed by atoms with E-state index in [0.29, 0.717) is 5.92 Å². The number of benzene rings is 3. The third kappa shape index (κ3) is 8.84. The molecule has 0 saturated carbocycles. The molecule has 0 spiro atoms. The van der Waals surface area contributed by atoms with E-state index in [4.69, 9.17) is 4.98 Å². The van der Waals surface area contributed by atoms with Crippen molar-refractivity contribution >= 4 is 16.6 Å². The van der Waals surface area contributed by atoms with Gasteiger partial charge in [0.15, 0.2) is 5.78 Å². The van der Waals surface area contributed by atoms with Gasteiger partial charge in [0.05, 0.1) is 0 Å². The van der Waals surface area contributed by atoms with E-state index in [2.05, 4.69) is 95.3 Å². The van der Waals surface area contributed by atoms with Crippen molar-refractivity contribution in [3.8, 4) is 22.4 Å². The van der Waals surface area contributed by atoms with Crippen molar-refractivity contribution in [2.24, 2.45) is 16.7 Å². The van der Waals surface area contributed by atoms with Gasteiger partial charge in [0, 0.05) is 48.9 Å². The summed E-state index contributed by atoms with van der Waals surface area (Å²) < 4.78 is 0. The van der Waals surface area contributed by atoms with Gasteiger partial charge in [0.1, 0.15) is 5.76 Å². The van der Waals surface area contributed by atoms with Gasteiger partial charge in [-0.3, -0.25) is 9.78 Å². The summed E-state index contributed by atoms with van der Waals surface area (Å²) in [6.45, 7) is 22.6. The molecule has 5 rings (SSSR count). The molecule has 1 radical (unpaired) electrons. The molecular weight excluding hydrogens is 743 g/mol. The maximum Gasteiger partial charge on any atom is 0.164 e. The molecule has 3 aromatic carbocycles. The molecule has 4 aromatic rings. The van der Waals surface area contributed by atoms with Gasteiger partial charge in [-0.25, -0.2) is 0 Å². The Kier molecular flexibility index (Phi) is 11.7. The smallest absolute Gasteiger partial charge is 0.164 e. The molecule has 1 aliphatic rings. The van der Waals surface area contributed by atoms with Gasteiger partial charge in [0.25, 0.3) is 0 Å². The number of carbonyl (C=O) groups is 1. The van der Waals surface area contributed by atoms with Crippen molar-refractivity contribution in [1.29, 1.82) is 0 Å². The summed E-state index contributed by atoms with van der Waals surface area (Å²) in [5, 5.41) is 12.0. The van der Waals surface area contributed by atoms with Crippen LogP contribution in [-0.2, 0) is 49.6 Å². The van der Waals surface area contributed by atoms with Gasteiger partial charge >= 0.3 is 0 Å². The molecule has 247 valence electrons. The molecule has 1 aromatic heterocycles. The molecule has 0 aliphatic heterocycles. The summed E-state index contributed by atoms with van der Waals surface area (Å²) in [4.78, 5) is 16.4. The number of hydrogen-bond donors (Lipinski definition) is 1. The zero-order valence-corrected chi connectivity index (χ0v) is 32.1. The monoisotopic (exact) mass is 795 g/mol. The number of fused-ring (bicyclic) bond motifs is 4. The molecule has 0 bridgehead atoms. The first-order valence-corrected chi connectivity index (χ1v) is 16.4. The van der Waals surface area contributed by atoms with Gasteiger partial charge in [-0.1, -0.05) is 124 Å². The van der Waals surface area contributed by atoms with Crippen LogP contribution in [0.2, 0.25) is 0 Å². The largest absolute Gasteiger partial charge is 0.512 e. The van der Waals surface area contributed by atoms with Gasteiger partial charge in [0.2, 0.25) is 0 Å². The summed E-state index contributed by atoms with van der Waals surface area (Å²) in [5.41, 5.74) is 9.86. The van der Waals surface area contributed by atoms with Crippen molar-refractivity contribution in [3.63, 3.8) is 0 Å². The van der Waals surface area contributed by atoms with E-state index in [1.165, 1.54) is 50.2 Å². The number of rotatable bonds is 4. The van der Waals surface area contributed by atoms with Crippen LogP contribution in [-0.4, -0.2) is 15.9 Å². The van der Waals surface area contributed by atoms with E-state index in [1.807, 2.05) is 47.7 Å². The van der Waals surface area contributed by atoms with Crippen LogP contribution >= 0.6 is 0 Å². The molecule has 46 heavy (non-hydrogen) atoms. The van der Waals surface area contributed by atoms with E-state index < -0.39 is 5.41 Å². The summed E-state index contributed by atoms with van der Waals surface area (Å²) in [6, 6.07) is 23.9. The predicted molar refractivity (Wildman–Crippen MR) is 191 cm³/mol. The van der Waals surface area contributed by atoms with Crippen LogP contribution in [0.1, 0.15) is 98.4 Å². The molecule has 0 atom stereocenters. The van der Waals surface area contributed by atoms with Gasteiger partial charge in [-0.2, -0.15) is 0 Å². The maximum absolute atomic E-state index is 11.5. The van der Waals surface area contributed by atoms with Crippen LogP contribution < -0.4 is 0 Å². The third-order valence-electron chi connectivity index (χ3n) is 8.42. The number of aromatic nitrogens is 1. The normalized spacial score (nSPS) is 13.3. The number of pyridine rings is 1. The van der Waals surface area contributed by atoms with E-state index >= 15 is 0 Å². The molecule has 4 heteroatoms. The first kappa shape index (κ1) is 37.4. The van der Waals surface area contributed by atoms with Crippen LogP contribution in [0.3, 0.4) is 0 Å². The quantitative estimate of drug-likeness (QED) is 0.127. The van der Waals surface area contributed by atoms with Crippen LogP contribution in [0.25, 0.3) is 33.2 Å². The first-order valence-electron chi connectivity index (χ1n) is 16.4. The Balaban J connectivity index is 0.000000352. The molecular formula is C42H52IrNO2-. The average molecular weight is 795 g/mol. The minimum atomic E-state index is -0.417. The van der Waals surface area contributed by atoms with Gasteiger partial charge in [-0.15, -0.1) is 29.1 Å². The number of aliphatic hydroxyl groups is 1. The summed E-state index contributed by atoms with van der Waals surface area (Å²) in [6.07, 6.45) is 6.56. The molecule has 0 fully saturated rings. The number of hydrogen-bond acceptors (Lipinski definition) is 3. The van der Waals surface area contributed by atoms with Crippen LogP contribution in [0, 0.1) is 22.8 Å². The summed E-state index contributed by atoms with van der Waals surface area (Å²) >= 11 is 0. The summed E-state index contributed by atoms with van der Waals surface area (Å²) in [7, 11) is 0. The fourth-order valence-corrected chi connectivity index (χ4v) is 5.74. The number of nitrogens with zero attached hydrogens (tertiary/aromatic N) is 1. The predicted octanol–water partition coefficient (Wildman–Crippen LogP) is 11.1. The second kappa shape index (κ2) is 14.4. The number of allylic oxidation sites excluding steroid dienone is 2. The Labute approximate surface area is 291 Å². The van der Waals surface area contributed by atoms with Crippen molar-refractivity contribution in [2.45, 2.75) is 101 Å². The summed E-state index contributed by atoms with van der Waals surface area (Å²) in [5.74, 6) is 0.785. The zero-order chi connectivity index (χ0) is 33.3. The SMILES string of the molecule is CC(C)(C)C(=O)/C=C(\O)C(C)(C)C.CC(C)Cc1ccc2c(c1)CCc1c-2ccnc1-c1[c-]c2ccccc2c(C(C)(C)C)c1.[Ir]. The Morgan fingerprint density at radius 3 is 2.17 bits per heavy atom. The fourth-order valence-electron chi connectivity index (χ4n) is 5.74. The van der Waals surface area contributed by atoms with E-state index in [-0.39, 0.29) is 42.5 Å². The molecule has 1 heterocycles. The molecule has 1 N–H and O–H groups in total. The zero-order valence-electron chi connectivity index (χ0n) is 29.7. The number of carbonyl (C=O) groups excluding carboxylic acids is 1. The second-order valence-electron chi connectivity index (χ2n) is 16.1. The van der Waals surface area contributed by atoms with Crippen molar-refractivity contribution in [2.75, 3.05) is 0 Å². The van der Waals surface area contributed by atoms with Gasteiger partial charge in [-0.05, 0) is 64.5 Å². The minimum Gasteiger partial charge on any atom is -0.512 e. The minimum absolute atomic E-state index is 0. The van der Waals surface area contributed by atoms with Crippen molar-refractivity contribution in [1.82, 2.24) is 4.98 Å². The average Bonchev–Trinajstić information content (AvgIpc) is 2.94. The van der Waals surface area contributed by atoms with Crippen LogP contribution in [0.5, 0.6) is 0 Å². The Morgan fingerprint density at radius 2 is 1.57 bits per heavy atom. The standard InChI is InChI=1S/C31H32N.C11H20O2.Ir/c1-20(2)16-21-10-12-25-23(17-21)11-13-28-27(25)14-15-32-30(28)24-18-22-8-6-7-9-26(22)29(19-24)31(3,4)5;1-10(2,3)8(12)7-9(13)11(4,5)6;/h6-10,12,14-15,17,19-20H,11,13,16H2,1-5H3;7,12H,1-6H3;/q-1;;/b;8-7-;. The molecule has 0 saturated heterocycles. The van der Waals surface area contributed by atoms with Crippen LogP contribution in [0.15, 0.2) is 72.6 Å². The topological polar surface area (TPSA) is 50.2 Å². The van der Waals surface area contributed by atoms with Crippen molar-refractivity contribution in [3.05, 3.63) is 101 Å². The number of ketones is 1. The molecule has 1 aliphatic carbocycles. The second-order valence-corrected chi connectivity index (χ2v) is 16.1. The Hall–Kier alpha value is -3.07. The van der Waals surface area contributed by atoms with Gasteiger partial charge < -0.3 is 5.11 Å². The molecule has 3 nitrogen and oxygen atoms in total. The first-order chi connectivity index (χ1) is 20.9. The number of aliphatic hydroxyl groups excluding tert-OH is 1. The Bertz CT molecular complexity index is 1730. The van der Waals surface area contributed by atoms with E-state index in [0.717, 1.165) is 30.5 Å². The third-order valence-corrected chi connectivity index (χ3v) is 8.42. The fraction of sp³-hybridized carbons (Fsp3) is 0.429. The van der Waals surface area contributed by atoms with Crippen molar-refractivity contribution < 1.29 is 30.0 Å².